The van der Waals surface area contributed by atoms with Crippen LogP contribution in [0.1, 0.15) is 24.5 Å². The number of likely N-dealkylation sites (tertiary alicyclic amines) is 1. The summed E-state index contributed by atoms with van der Waals surface area (Å²) >= 11 is 0. The van der Waals surface area contributed by atoms with Gasteiger partial charge in [0.2, 0.25) is 11.7 Å². The van der Waals surface area contributed by atoms with Crippen molar-refractivity contribution in [3.63, 3.8) is 0 Å². The molecule has 0 bridgehead atoms. The van der Waals surface area contributed by atoms with Crippen LogP contribution in [-0.2, 0) is 17.5 Å². The number of rotatable bonds is 9. The number of carbonyl (C=O) groups is 1. The average molecular weight is 484 g/mol. The minimum atomic E-state index is -4.42. The summed E-state index contributed by atoms with van der Waals surface area (Å²) in [7, 11) is 0. The van der Waals surface area contributed by atoms with Crippen molar-refractivity contribution in [2.75, 3.05) is 42.9 Å². The Kier molecular flexibility index (Phi) is 8.26. The van der Waals surface area contributed by atoms with E-state index >= 15 is 4.39 Å². The van der Waals surface area contributed by atoms with Gasteiger partial charge in [-0.15, -0.1) is 0 Å². The number of primary amides is 1. The summed E-state index contributed by atoms with van der Waals surface area (Å²) in [5.74, 6) is -1.32. The predicted molar refractivity (Wildman–Crippen MR) is 118 cm³/mol. The van der Waals surface area contributed by atoms with Crippen LogP contribution in [0.2, 0.25) is 0 Å². The molecule has 8 nitrogen and oxygen atoms in total. The van der Waals surface area contributed by atoms with Crippen molar-refractivity contribution in [2.45, 2.75) is 32.2 Å². The molecule has 2 heterocycles. The third kappa shape index (κ3) is 6.54. The lowest BCUT2D eigenvalue weighted by molar-refractivity contribution is -0.137. The second-order valence-corrected chi connectivity index (χ2v) is 8.27. The van der Waals surface area contributed by atoms with E-state index in [1.165, 1.54) is 18.5 Å². The number of anilines is 2. The molecule has 3 rings (SSSR count). The minimum Gasteiger partial charge on any atom is -0.391 e. The number of nitrogens with two attached hydrogens (primary N) is 1. The number of alkyl halides is 3. The molecule has 1 aliphatic heterocycles. The third-order valence-corrected chi connectivity index (χ3v) is 5.82. The molecule has 0 spiro atoms. The maximum absolute atomic E-state index is 15.2. The molecule has 2 aromatic rings. The molecule has 0 aliphatic carbocycles. The van der Waals surface area contributed by atoms with Gasteiger partial charge in [0.15, 0.2) is 11.6 Å². The summed E-state index contributed by atoms with van der Waals surface area (Å²) in [5.41, 5.74) is 5.03. The van der Waals surface area contributed by atoms with Crippen LogP contribution in [0.3, 0.4) is 0 Å². The molecule has 0 unspecified atom stereocenters. The molecule has 0 saturated carbocycles. The number of aromatic nitrogens is 2. The van der Waals surface area contributed by atoms with Gasteiger partial charge in [-0.3, -0.25) is 9.69 Å². The number of β-amino-alcohol motifs (C(OH)–C–C–N with tert-alkyl or cyclic N) is 1. The second kappa shape index (κ2) is 11.0. The van der Waals surface area contributed by atoms with Crippen LogP contribution in [0.5, 0.6) is 0 Å². The van der Waals surface area contributed by atoms with E-state index in [-0.39, 0.29) is 37.2 Å². The first-order chi connectivity index (χ1) is 16.1. The van der Waals surface area contributed by atoms with Crippen LogP contribution in [0.4, 0.5) is 29.2 Å². The van der Waals surface area contributed by atoms with Crippen molar-refractivity contribution < 1.29 is 27.5 Å². The standard InChI is InChI=1S/C22H28F4N6O2/c1-2-32(10-14-3-5-16(6-4-14)22(24,25)26)21-19(23)20(29-13-30-21)28-9-15-7-8-31(11-17(15)33)12-18(27)34/h3-6,13,15,17,33H,2,7-12H2,1H3,(H2,27,34)(H,28,29,30)/t15-,17+/m0/s1. The smallest absolute Gasteiger partial charge is 0.391 e. The number of hydrogen-bond donors (Lipinski definition) is 3. The highest BCUT2D eigenvalue weighted by Crippen LogP contribution is 2.30. The fourth-order valence-electron chi connectivity index (χ4n) is 3.94. The molecule has 4 N–H and O–H groups in total. The maximum Gasteiger partial charge on any atom is 0.416 e. The number of halogens is 4. The first-order valence-corrected chi connectivity index (χ1v) is 10.9. The lowest BCUT2D eigenvalue weighted by Crippen LogP contribution is -2.48. The van der Waals surface area contributed by atoms with E-state index in [2.05, 4.69) is 15.3 Å². The van der Waals surface area contributed by atoms with Crippen LogP contribution in [0.25, 0.3) is 0 Å². The molecule has 1 aromatic carbocycles. The first-order valence-electron chi connectivity index (χ1n) is 10.9. The molecule has 0 radical (unpaired) electrons. The van der Waals surface area contributed by atoms with Crippen LogP contribution in [0.15, 0.2) is 30.6 Å². The van der Waals surface area contributed by atoms with Gasteiger partial charge in [0.25, 0.3) is 0 Å². The van der Waals surface area contributed by atoms with E-state index in [9.17, 15) is 23.1 Å². The van der Waals surface area contributed by atoms with Gasteiger partial charge in [-0.05, 0) is 37.6 Å². The molecule has 1 saturated heterocycles. The number of benzene rings is 1. The van der Waals surface area contributed by atoms with Crippen LogP contribution >= 0.6 is 0 Å². The van der Waals surface area contributed by atoms with Gasteiger partial charge in [-0.25, -0.2) is 9.97 Å². The lowest BCUT2D eigenvalue weighted by Gasteiger charge is -2.35. The van der Waals surface area contributed by atoms with E-state index < -0.39 is 29.6 Å². The van der Waals surface area contributed by atoms with Gasteiger partial charge in [-0.1, -0.05) is 12.1 Å². The van der Waals surface area contributed by atoms with Crippen molar-refractivity contribution in [1.29, 1.82) is 0 Å². The Morgan fingerprint density at radius 1 is 1.29 bits per heavy atom. The fourth-order valence-corrected chi connectivity index (χ4v) is 3.94. The highest BCUT2D eigenvalue weighted by Gasteiger charge is 2.30. The molecule has 1 amide bonds. The number of aliphatic hydroxyl groups is 1. The van der Waals surface area contributed by atoms with Crippen molar-refractivity contribution in [3.8, 4) is 0 Å². The molecule has 1 aliphatic rings. The fraction of sp³-hybridized carbons (Fsp3) is 0.500. The van der Waals surface area contributed by atoms with Gasteiger partial charge >= 0.3 is 6.18 Å². The zero-order valence-electron chi connectivity index (χ0n) is 18.7. The van der Waals surface area contributed by atoms with E-state index in [1.54, 1.807) is 16.7 Å². The van der Waals surface area contributed by atoms with E-state index in [0.717, 1.165) is 12.1 Å². The zero-order valence-corrected chi connectivity index (χ0v) is 18.7. The first kappa shape index (κ1) is 25.6. The quantitative estimate of drug-likeness (QED) is 0.469. The Bertz CT molecular complexity index is 973. The molecule has 1 aromatic heterocycles. The Morgan fingerprint density at radius 3 is 2.59 bits per heavy atom. The van der Waals surface area contributed by atoms with E-state index in [1.807, 2.05) is 0 Å². The third-order valence-electron chi connectivity index (χ3n) is 5.82. The molecule has 34 heavy (non-hydrogen) atoms. The van der Waals surface area contributed by atoms with Crippen molar-refractivity contribution in [3.05, 3.63) is 47.5 Å². The number of nitrogens with one attached hydrogen (secondary N) is 1. The van der Waals surface area contributed by atoms with Gasteiger partial charge in [0.05, 0.1) is 18.2 Å². The van der Waals surface area contributed by atoms with Crippen molar-refractivity contribution in [2.24, 2.45) is 11.7 Å². The number of piperidine rings is 1. The van der Waals surface area contributed by atoms with Crippen LogP contribution < -0.4 is 16.0 Å². The summed E-state index contributed by atoms with van der Waals surface area (Å²) in [6.45, 7) is 3.54. The van der Waals surface area contributed by atoms with Gasteiger partial charge < -0.3 is 21.1 Å². The SMILES string of the molecule is CCN(Cc1ccc(C(F)(F)F)cc1)c1ncnc(NC[C@@H]2CCN(CC(N)=O)C[C@H]2O)c1F. The van der Waals surface area contributed by atoms with Crippen LogP contribution in [-0.4, -0.2) is 64.7 Å². The Morgan fingerprint density at radius 2 is 2.00 bits per heavy atom. The Labute approximate surface area is 194 Å². The van der Waals surface area contributed by atoms with Gasteiger partial charge in [0.1, 0.15) is 6.33 Å². The Hall–Kier alpha value is -2.99. The summed E-state index contributed by atoms with van der Waals surface area (Å²) in [5, 5.41) is 13.3. The van der Waals surface area contributed by atoms with Crippen LogP contribution in [0, 0.1) is 11.7 Å². The highest BCUT2D eigenvalue weighted by molar-refractivity contribution is 5.75. The molecule has 186 valence electrons. The van der Waals surface area contributed by atoms with E-state index in [4.69, 9.17) is 5.73 Å². The Balaban J connectivity index is 1.64. The lowest BCUT2D eigenvalue weighted by atomic mass is 9.93. The molecule has 12 heteroatoms. The van der Waals surface area contributed by atoms with Gasteiger partial charge in [-0.2, -0.15) is 17.6 Å². The molecular formula is C22H28F4N6O2. The summed E-state index contributed by atoms with van der Waals surface area (Å²) in [6, 6.07) is 4.70. The van der Waals surface area contributed by atoms with Gasteiger partial charge in [0, 0.05) is 32.1 Å². The number of nitrogens with zero attached hydrogens (tertiary/aromatic N) is 4. The largest absolute Gasteiger partial charge is 0.416 e. The number of carbonyl (C=O) groups excluding carboxylic acids is 1. The average Bonchev–Trinajstić information content (AvgIpc) is 2.77. The summed E-state index contributed by atoms with van der Waals surface area (Å²) < 4.78 is 53.6. The number of amides is 1. The van der Waals surface area contributed by atoms with Crippen molar-refractivity contribution >= 4 is 17.5 Å². The van der Waals surface area contributed by atoms with Crippen molar-refractivity contribution in [1.82, 2.24) is 14.9 Å². The second-order valence-electron chi connectivity index (χ2n) is 8.27. The molecular weight excluding hydrogens is 456 g/mol. The summed E-state index contributed by atoms with van der Waals surface area (Å²) in [4.78, 5) is 22.4. The topological polar surface area (TPSA) is 108 Å². The minimum absolute atomic E-state index is 0.0247. The normalized spacial score (nSPS) is 19.1. The van der Waals surface area contributed by atoms with E-state index in [0.29, 0.717) is 31.6 Å². The predicted octanol–water partition coefficient (Wildman–Crippen LogP) is 2.24. The highest BCUT2D eigenvalue weighted by atomic mass is 19.4. The molecule has 1 fully saturated rings. The monoisotopic (exact) mass is 484 g/mol. The number of hydrogen-bond acceptors (Lipinski definition) is 7. The zero-order chi connectivity index (χ0) is 24.9. The molecule has 2 atom stereocenters. The maximum atomic E-state index is 15.2. The summed E-state index contributed by atoms with van der Waals surface area (Å²) in [6.07, 6.45) is -3.33. The number of aliphatic hydroxyl groups excluding tert-OH is 1.